The van der Waals surface area contributed by atoms with Crippen molar-refractivity contribution in [1.82, 2.24) is 14.9 Å². The van der Waals surface area contributed by atoms with Crippen LogP contribution in [0.1, 0.15) is 30.7 Å². The average Bonchev–Trinajstić information content (AvgIpc) is 3.14. The molecule has 0 saturated heterocycles. The van der Waals surface area contributed by atoms with E-state index in [1.165, 1.54) is 12.0 Å². The van der Waals surface area contributed by atoms with Gasteiger partial charge in [-0.25, -0.2) is 9.97 Å². The number of hydrogen-bond acceptors (Lipinski definition) is 6. The van der Waals surface area contributed by atoms with Crippen molar-refractivity contribution in [3.05, 3.63) is 52.5 Å². The van der Waals surface area contributed by atoms with Crippen molar-refractivity contribution in [3.63, 3.8) is 0 Å². The molecular formula is C20H26N4S2. The third-order valence-electron chi connectivity index (χ3n) is 4.22. The standard InChI is InChI=1S/C20H26N4S2/c1-24(13-16-9-12-26-15-16)14-19-22-18-8-4-3-7-17(18)20(23-19)21-10-5-2-6-11-25/h3-4,7-9,12,15,25H,2,5-6,10-11,13-14H2,1H3,(H,21,22,23). The number of nitrogens with one attached hydrogen (secondary N) is 1. The van der Waals surface area contributed by atoms with Crippen LogP contribution in [0.25, 0.3) is 10.9 Å². The molecule has 0 bridgehead atoms. The summed E-state index contributed by atoms with van der Waals surface area (Å²) in [4.78, 5) is 11.8. The van der Waals surface area contributed by atoms with Gasteiger partial charge in [0.05, 0.1) is 12.1 Å². The lowest BCUT2D eigenvalue weighted by Crippen LogP contribution is -2.19. The van der Waals surface area contributed by atoms with Gasteiger partial charge in [0.15, 0.2) is 0 Å². The number of aromatic nitrogens is 2. The summed E-state index contributed by atoms with van der Waals surface area (Å²) in [5.74, 6) is 2.76. The summed E-state index contributed by atoms with van der Waals surface area (Å²) < 4.78 is 0. The van der Waals surface area contributed by atoms with Crippen molar-refractivity contribution in [2.75, 3.05) is 24.7 Å². The molecule has 3 rings (SSSR count). The Hall–Kier alpha value is -1.63. The second kappa shape index (κ2) is 9.90. The molecule has 0 aliphatic heterocycles. The quantitative estimate of drug-likeness (QED) is 0.387. The highest BCUT2D eigenvalue weighted by atomic mass is 32.1. The molecule has 0 spiro atoms. The van der Waals surface area contributed by atoms with Gasteiger partial charge in [-0.2, -0.15) is 24.0 Å². The molecule has 0 fully saturated rings. The number of nitrogens with zero attached hydrogens (tertiary/aromatic N) is 3. The Morgan fingerprint density at radius 2 is 1.96 bits per heavy atom. The van der Waals surface area contributed by atoms with Crippen molar-refractivity contribution in [2.24, 2.45) is 0 Å². The average molecular weight is 387 g/mol. The minimum absolute atomic E-state index is 0.731. The normalized spacial score (nSPS) is 11.3. The van der Waals surface area contributed by atoms with Gasteiger partial charge in [0, 0.05) is 18.5 Å². The number of hydrogen-bond donors (Lipinski definition) is 2. The molecule has 3 aromatic rings. The Labute approximate surface area is 165 Å². The second-order valence-electron chi connectivity index (χ2n) is 6.52. The highest BCUT2D eigenvalue weighted by Crippen LogP contribution is 2.21. The second-order valence-corrected chi connectivity index (χ2v) is 7.75. The highest BCUT2D eigenvalue weighted by Gasteiger charge is 2.10. The van der Waals surface area contributed by atoms with Crippen molar-refractivity contribution in [2.45, 2.75) is 32.4 Å². The van der Waals surface area contributed by atoms with E-state index in [9.17, 15) is 0 Å². The zero-order chi connectivity index (χ0) is 18.2. The van der Waals surface area contributed by atoms with Crippen molar-refractivity contribution < 1.29 is 0 Å². The maximum absolute atomic E-state index is 4.81. The summed E-state index contributed by atoms with van der Waals surface area (Å²) in [7, 11) is 2.11. The van der Waals surface area contributed by atoms with Crippen molar-refractivity contribution in [3.8, 4) is 0 Å². The molecule has 0 amide bonds. The molecule has 138 valence electrons. The van der Waals surface area contributed by atoms with Crippen LogP contribution >= 0.6 is 24.0 Å². The predicted molar refractivity (Wildman–Crippen MR) is 115 cm³/mol. The maximum Gasteiger partial charge on any atom is 0.145 e. The molecule has 1 N–H and O–H groups in total. The first-order valence-electron chi connectivity index (χ1n) is 9.06. The van der Waals surface area contributed by atoms with Gasteiger partial charge in [-0.05, 0) is 60.2 Å². The lowest BCUT2D eigenvalue weighted by atomic mass is 10.2. The minimum atomic E-state index is 0.731. The van der Waals surface area contributed by atoms with E-state index in [-0.39, 0.29) is 0 Å². The van der Waals surface area contributed by atoms with Gasteiger partial charge < -0.3 is 5.32 Å². The largest absolute Gasteiger partial charge is 0.369 e. The first-order chi connectivity index (χ1) is 12.8. The molecule has 4 nitrogen and oxygen atoms in total. The van der Waals surface area contributed by atoms with Gasteiger partial charge in [-0.1, -0.05) is 18.6 Å². The Morgan fingerprint density at radius 1 is 1.08 bits per heavy atom. The molecular weight excluding hydrogens is 360 g/mol. The van der Waals surface area contributed by atoms with E-state index >= 15 is 0 Å². The van der Waals surface area contributed by atoms with Crippen LogP contribution in [0.5, 0.6) is 0 Å². The molecule has 26 heavy (non-hydrogen) atoms. The van der Waals surface area contributed by atoms with E-state index in [1.54, 1.807) is 11.3 Å². The minimum Gasteiger partial charge on any atom is -0.369 e. The van der Waals surface area contributed by atoms with Crippen LogP contribution in [0.15, 0.2) is 41.1 Å². The molecule has 6 heteroatoms. The number of thiol groups is 1. The highest BCUT2D eigenvalue weighted by molar-refractivity contribution is 7.80. The molecule has 2 aromatic heterocycles. The number of anilines is 1. The third kappa shape index (κ3) is 5.43. The Morgan fingerprint density at radius 3 is 2.77 bits per heavy atom. The van der Waals surface area contributed by atoms with Gasteiger partial charge >= 0.3 is 0 Å². The van der Waals surface area contributed by atoms with E-state index in [4.69, 9.17) is 9.97 Å². The zero-order valence-electron chi connectivity index (χ0n) is 15.2. The van der Waals surface area contributed by atoms with Crippen LogP contribution in [0.2, 0.25) is 0 Å². The van der Waals surface area contributed by atoms with Gasteiger partial charge in [0.2, 0.25) is 0 Å². The summed E-state index contributed by atoms with van der Waals surface area (Å²) in [5, 5.41) is 8.91. The zero-order valence-corrected chi connectivity index (χ0v) is 16.9. The Balaban J connectivity index is 1.71. The van der Waals surface area contributed by atoms with Crippen LogP contribution in [0.4, 0.5) is 5.82 Å². The number of rotatable bonds is 10. The topological polar surface area (TPSA) is 41.1 Å². The van der Waals surface area contributed by atoms with Crippen LogP contribution < -0.4 is 5.32 Å². The summed E-state index contributed by atoms with van der Waals surface area (Å²) in [6.07, 6.45) is 3.48. The molecule has 0 unspecified atom stereocenters. The molecule has 0 saturated carbocycles. The summed E-state index contributed by atoms with van der Waals surface area (Å²) in [6, 6.07) is 10.4. The maximum atomic E-state index is 4.81. The fraction of sp³-hybridized carbons (Fsp3) is 0.400. The Bertz CT molecular complexity index is 805. The van der Waals surface area contributed by atoms with E-state index in [0.29, 0.717) is 0 Å². The van der Waals surface area contributed by atoms with E-state index in [0.717, 1.165) is 60.8 Å². The third-order valence-corrected chi connectivity index (χ3v) is 5.27. The van der Waals surface area contributed by atoms with Gasteiger partial charge in [-0.15, -0.1) is 0 Å². The number of unbranched alkanes of at least 4 members (excludes halogenated alkanes) is 2. The van der Waals surface area contributed by atoms with Crippen LogP contribution in [0.3, 0.4) is 0 Å². The first-order valence-corrected chi connectivity index (χ1v) is 10.6. The number of para-hydroxylation sites is 1. The first kappa shape index (κ1) is 19.1. The van der Waals surface area contributed by atoms with Crippen molar-refractivity contribution >= 4 is 40.7 Å². The van der Waals surface area contributed by atoms with Gasteiger partial charge in [0.25, 0.3) is 0 Å². The number of benzene rings is 1. The fourth-order valence-corrected chi connectivity index (χ4v) is 3.83. The summed E-state index contributed by atoms with van der Waals surface area (Å²) >= 11 is 6.01. The predicted octanol–water partition coefficient (Wildman–Crippen LogP) is 4.84. The molecule has 0 radical (unpaired) electrons. The molecule has 2 heterocycles. The molecule has 0 aliphatic rings. The fourth-order valence-electron chi connectivity index (χ4n) is 2.94. The van der Waals surface area contributed by atoms with Crippen molar-refractivity contribution in [1.29, 1.82) is 0 Å². The lowest BCUT2D eigenvalue weighted by molar-refractivity contribution is 0.311. The van der Waals surface area contributed by atoms with Gasteiger partial charge in [-0.3, -0.25) is 4.90 Å². The van der Waals surface area contributed by atoms with Crippen LogP contribution in [0, 0.1) is 0 Å². The summed E-state index contributed by atoms with van der Waals surface area (Å²) in [5.41, 5.74) is 2.33. The SMILES string of the molecule is CN(Cc1ccsc1)Cc1nc(NCCCCCS)c2ccccc2n1. The summed E-state index contributed by atoms with van der Waals surface area (Å²) in [6.45, 7) is 2.57. The van der Waals surface area contributed by atoms with Crippen LogP contribution in [-0.2, 0) is 13.1 Å². The molecule has 1 aromatic carbocycles. The van der Waals surface area contributed by atoms with E-state index in [1.807, 2.05) is 12.1 Å². The molecule has 0 atom stereocenters. The smallest absolute Gasteiger partial charge is 0.145 e. The Kier molecular flexibility index (Phi) is 7.29. The lowest BCUT2D eigenvalue weighted by Gasteiger charge is -2.16. The van der Waals surface area contributed by atoms with Crippen LogP contribution in [-0.4, -0.2) is 34.2 Å². The van der Waals surface area contributed by atoms with E-state index in [2.05, 4.69) is 58.9 Å². The molecule has 0 aliphatic carbocycles. The number of thiophene rings is 1. The van der Waals surface area contributed by atoms with E-state index < -0.39 is 0 Å². The van der Waals surface area contributed by atoms with Gasteiger partial charge in [0.1, 0.15) is 11.6 Å². The monoisotopic (exact) mass is 386 g/mol. The number of fused-ring (bicyclic) bond motifs is 1.